The first-order valence-electron chi connectivity index (χ1n) is 10.1. The topological polar surface area (TPSA) is 93.1 Å². The summed E-state index contributed by atoms with van der Waals surface area (Å²) in [6, 6.07) is 0. The van der Waals surface area contributed by atoms with Gasteiger partial charge in [0.25, 0.3) is 0 Å². The summed E-state index contributed by atoms with van der Waals surface area (Å²) in [6.07, 6.45) is -0.0749. The van der Waals surface area contributed by atoms with Gasteiger partial charge in [-0.15, -0.1) is 0 Å². The molecule has 2 aliphatic carbocycles. The van der Waals surface area contributed by atoms with E-state index in [1.54, 1.807) is 14.0 Å². The van der Waals surface area contributed by atoms with E-state index in [0.29, 0.717) is 31.3 Å². The van der Waals surface area contributed by atoms with Crippen LogP contribution >= 0.6 is 0 Å². The maximum atomic E-state index is 13.7. The van der Waals surface area contributed by atoms with Gasteiger partial charge in [-0.3, -0.25) is 9.59 Å². The van der Waals surface area contributed by atoms with Crippen molar-refractivity contribution in [2.24, 2.45) is 10.8 Å². The molecule has 160 valence electrons. The molecule has 6 nitrogen and oxygen atoms in total. The molecule has 28 heavy (non-hydrogen) atoms. The van der Waals surface area contributed by atoms with Crippen LogP contribution in [0.25, 0.3) is 0 Å². The second kappa shape index (κ2) is 7.88. The largest absolute Gasteiger partial charge is 0.450 e. The number of carbonyl (C=O) groups is 2. The Bertz CT molecular complexity index is 666. The molecule has 1 fully saturated rings. The van der Waals surface area contributed by atoms with Crippen LogP contribution in [0.15, 0.2) is 11.1 Å². The Kier molecular flexibility index (Phi) is 6.49. The average Bonchev–Trinajstić information content (AvgIpc) is 2.60. The summed E-state index contributed by atoms with van der Waals surface area (Å²) in [4.78, 5) is 25.6. The highest BCUT2D eigenvalue weighted by Crippen LogP contribution is 2.55. The minimum absolute atomic E-state index is 0.225. The zero-order valence-corrected chi connectivity index (χ0v) is 18.3. The van der Waals surface area contributed by atoms with Crippen LogP contribution in [0.3, 0.4) is 0 Å². The number of hydrogen-bond donors (Lipinski definition) is 2. The molecule has 0 amide bonds. The van der Waals surface area contributed by atoms with Crippen molar-refractivity contribution in [2.75, 3.05) is 7.11 Å². The average molecular weight is 397 g/mol. The molecule has 2 N–H and O–H groups in total. The molecule has 2 bridgehead atoms. The Morgan fingerprint density at radius 1 is 1.25 bits per heavy atom. The highest BCUT2D eigenvalue weighted by molar-refractivity contribution is 5.94. The third-order valence-corrected chi connectivity index (χ3v) is 7.31. The summed E-state index contributed by atoms with van der Waals surface area (Å²) in [7, 11) is 1.56. The summed E-state index contributed by atoms with van der Waals surface area (Å²) in [6.45, 7) is 10.6. The molecule has 0 spiro atoms. The molecule has 0 saturated heterocycles. The molecule has 5 atom stereocenters. The van der Waals surface area contributed by atoms with Gasteiger partial charge in [0.2, 0.25) is 0 Å². The summed E-state index contributed by atoms with van der Waals surface area (Å²) in [5.41, 5.74) is -1.25. The van der Waals surface area contributed by atoms with E-state index in [1.807, 2.05) is 27.7 Å². The van der Waals surface area contributed by atoms with Gasteiger partial charge in [-0.2, -0.15) is 0 Å². The zero-order chi connectivity index (χ0) is 21.5. The van der Waals surface area contributed by atoms with E-state index in [1.165, 1.54) is 6.92 Å². The molecule has 2 rings (SSSR count). The van der Waals surface area contributed by atoms with Gasteiger partial charge in [0.05, 0.1) is 23.2 Å². The molecule has 0 radical (unpaired) electrons. The quantitative estimate of drug-likeness (QED) is 0.548. The number of hydrogen-bond acceptors (Lipinski definition) is 6. The number of carbonyl (C=O) groups excluding carboxylic acids is 2. The van der Waals surface area contributed by atoms with Crippen molar-refractivity contribution < 1.29 is 29.3 Å². The van der Waals surface area contributed by atoms with Crippen molar-refractivity contribution in [1.82, 2.24) is 0 Å². The lowest BCUT2D eigenvalue weighted by atomic mass is 9.54. The van der Waals surface area contributed by atoms with Gasteiger partial charge in [0, 0.05) is 25.9 Å². The monoisotopic (exact) mass is 396 g/mol. The van der Waals surface area contributed by atoms with Gasteiger partial charge in [0.15, 0.2) is 11.9 Å². The number of aliphatic hydroxyl groups excluding tert-OH is 1. The highest BCUT2D eigenvalue weighted by atomic mass is 16.5. The summed E-state index contributed by atoms with van der Waals surface area (Å²) in [5.74, 6) is -0.851. The molecular weight excluding hydrogens is 360 g/mol. The van der Waals surface area contributed by atoms with Crippen molar-refractivity contribution in [3.63, 3.8) is 0 Å². The molecule has 6 heteroatoms. The van der Waals surface area contributed by atoms with Gasteiger partial charge >= 0.3 is 5.97 Å². The molecular formula is C22H36O6. The molecule has 0 aromatic carbocycles. The lowest BCUT2D eigenvalue weighted by Gasteiger charge is -2.54. The van der Waals surface area contributed by atoms with Gasteiger partial charge in [-0.25, -0.2) is 0 Å². The predicted molar refractivity (Wildman–Crippen MR) is 106 cm³/mol. The Balaban J connectivity index is 2.60. The summed E-state index contributed by atoms with van der Waals surface area (Å²) < 4.78 is 10.8. The number of rotatable bonds is 5. The fourth-order valence-electron chi connectivity index (χ4n) is 4.91. The SMILES string of the molecule is CO[C@@H](C)C[C@H](O)[C@]1(C)CC[C@]2(O)CCC(C)=C([C@@H](OC(C)=O)C1=O)C2(C)C. The Hall–Kier alpha value is -1.24. The third kappa shape index (κ3) is 3.79. The predicted octanol–water partition coefficient (Wildman–Crippen LogP) is 2.94. The van der Waals surface area contributed by atoms with E-state index < -0.39 is 34.6 Å². The summed E-state index contributed by atoms with van der Waals surface area (Å²) in [5, 5.41) is 22.5. The number of ketones is 1. The van der Waals surface area contributed by atoms with Gasteiger partial charge in [0.1, 0.15) is 0 Å². The Morgan fingerprint density at radius 3 is 2.39 bits per heavy atom. The first kappa shape index (κ1) is 23.0. The number of esters is 1. The molecule has 0 aromatic heterocycles. The second-order valence-corrected chi connectivity index (χ2v) is 9.42. The third-order valence-electron chi connectivity index (χ3n) is 7.31. The molecule has 2 aliphatic rings. The van der Waals surface area contributed by atoms with E-state index in [4.69, 9.17) is 9.47 Å². The van der Waals surface area contributed by atoms with Crippen molar-refractivity contribution in [3.05, 3.63) is 11.1 Å². The number of Topliss-reactive ketones (excluding diaryl/α,β-unsaturated/α-hetero) is 1. The summed E-state index contributed by atoms with van der Waals surface area (Å²) >= 11 is 0. The standard InChI is InChI=1S/C22H36O6/c1-13-8-9-22(26)11-10-21(6,16(24)12-14(2)27-7)19(25)18(28-15(3)23)17(13)20(22,4)5/h14,16,18,24,26H,8-12H2,1-7H3/t14-,16-,18+,21-,22+/m0/s1. The molecule has 0 aliphatic heterocycles. The number of ether oxygens (including phenoxy) is 2. The lowest BCUT2D eigenvalue weighted by Crippen LogP contribution is -2.59. The van der Waals surface area contributed by atoms with Gasteiger partial charge < -0.3 is 19.7 Å². The van der Waals surface area contributed by atoms with Crippen molar-refractivity contribution in [1.29, 1.82) is 0 Å². The van der Waals surface area contributed by atoms with E-state index in [0.717, 1.165) is 5.57 Å². The van der Waals surface area contributed by atoms with Crippen LogP contribution in [0.4, 0.5) is 0 Å². The molecule has 1 saturated carbocycles. The zero-order valence-electron chi connectivity index (χ0n) is 18.3. The van der Waals surface area contributed by atoms with Crippen molar-refractivity contribution in [2.45, 2.75) is 97.6 Å². The minimum Gasteiger partial charge on any atom is -0.450 e. The first-order valence-corrected chi connectivity index (χ1v) is 10.1. The lowest BCUT2D eigenvalue weighted by molar-refractivity contribution is -0.167. The first-order chi connectivity index (χ1) is 12.8. The number of allylic oxidation sites excluding steroid dienone is 1. The maximum absolute atomic E-state index is 13.7. The highest BCUT2D eigenvalue weighted by Gasteiger charge is 2.58. The number of methoxy groups -OCH3 is 1. The van der Waals surface area contributed by atoms with E-state index in [-0.39, 0.29) is 18.3 Å². The van der Waals surface area contributed by atoms with E-state index in [2.05, 4.69) is 0 Å². The van der Waals surface area contributed by atoms with E-state index in [9.17, 15) is 19.8 Å². The van der Waals surface area contributed by atoms with Crippen LogP contribution in [0.5, 0.6) is 0 Å². The van der Waals surface area contributed by atoms with Crippen LogP contribution in [-0.4, -0.2) is 53.0 Å². The van der Waals surface area contributed by atoms with Gasteiger partial charge in [-0.05, 0) is 52.0 Å². The maximum Gasteiger partial charge on any atom is 0.303 e. The Labute approximate surface area is 168 Å². The Morgan fingerprint density at radius 2 is 1.86 bits per heavy atom. The second-order valence-electron chi connectivity index (χ2n) is 9.42. The fourth-order valence-corrected chi connectivity index (χ4v) is 4.91. The fraction of sp³-hybridized carbons (Fsp3) is 0.818. The molecule has 0 unspecified atom stereocenters. The smallest absolute Gasteiger partial charge is 0.303 e. The van der Waals surface area contributed by atoms with Crippen LogP contribution in [0.2, 0.25) is 0 Å². The molecule has 0 aromatic rings. The van der Waals surface area contributed by atoms with Crippen molar-refractivity contribution >= 4 is 11.8 Å². The van der Waals surface area contributed by atoms with Crippen LogP contribution in [-0.2, 0) is 19.1 Å². The van der Waals surface area contributed by atoms with E-state index >= 15 is 0 Å². The van der Waals surface area contributed by atoms with Gasteiger partial charge in [-0.1, -0.05) is 19.4 Å². The van der Waals surface area contributed by atoms with Crippen LogP contribution < -0.4 is 0 Å². The normalized spacial score (nSPS) is 35.0. The number of aliphatic hydroxyl groups is 2. The number of fused-ring (bicyclic) bond motifs is 2. The minimum atomic E-state index is -1.15. The molecule has 0 heterocycles. The van der Waals surface area contributed by atoms with Crippen LogP contribution in [0.1, 0.15) is 73.6 Å². The van der Waals surface area contributed by atoms with Crippen LogP contribution in [0, 0.1) is 10.8 Å². The van der Waals surface area contributed by atoms with Crippen molar-refractivity contribution in [3.8, 4) is 0 Å².